The van der Waals surface area contributed by atoms with Gasteiger partial charge in [-0.05, 0) is 25.1 Å². The van der Waals surface area contributed by atoms with E-state index >= 15 is 0 Å². The monoisotopic (exact) mass is 230 g/mol. The summed E-state index contributed by atoms with van der Waals surface area (Å²) in [6, 6.07) is 10.2. The van der Waals surface area contributed by atoms with Crippen molar-refractivity contribution in [3.05, 3.63) is 47.8 Å². The molecule has 0 amide bonds. The summed E-state index contributed by atoms with van der Waals surface area (Å²) in [6.07, 6.45) is 1.93. The van der Waals surface area contributed by atoms with Gasteiger partial charge in [-0.2, -0.15) is 5.10 Å². The minimum absolute atomic E-state index is 0.0951. The first-order valence-corrected chi connectivity index (χ1v) is 5.77. The topological polar surface area (TPSA) is 38.0 Å². The molecule has 1 aromatic carbocycles. The minimum atomic E-state index is -0.296. The number of aryl methyl sites for hydroxylation is 1. The lowest BCUT2D eigenvalue weighted by molar-refractivity contribution is 0.215. The van der Waals surface area contributed by atoms with Crippen LogP contribution in [0.2, 0.25) is 0 Å². The van der Waals surface area contributed by atoms with Crippen molar-refractivity contribution in [1.82, 2.24) is 9.78 Å². The Morgan fingerprint density at radius 2 is 1.82 bits per heavy atom. The number of hydrogen-bond donors (Lipinski definition) is 1. The number of benzene rings is 1. The Bertz CT molecular complexity index is 497. The Labute approximate surface area is 102 Å². The first-order chi connectivity index (χ1) is 8.03. The maximum atomic E-state index is 9.31. The van der Waals surface area contributed by atoms with Gasteiger partial charge in [0.25, 0.3) is 0 Å². The Balaban J connectivity index is 2.33. The number of nitrogens with zero attached hydrogens (tertiary/aromatic N) is 2. The van der Waals surface area contributed by atoms with Crippen LogP contribution in [0.5, 0.6) is 0 Å². The second-order valence-corrected chi connectivity index (χ2v) is 5.02. The number of rotatable bonds is 3. The Kier molecular flexibility index (Phi) is 3.03. The van der Waals surface area contributed by atoms with Gasteiger partial charge in [0.1, 0.15) is 0 Å². The van der Waals surface area contributed by atoms with E-state index in [9.17, 15) is 5.11 Å². The number of aliphatic hydroxyl groups excluding tert-OH is 1. The van der Waals surface area contributed by atoms with Crippen molar-refractivity contribution < 1.29 is 5.11 Å². The lowest BCUT2D eigenvalue weighted by atomic mass is 9.91. The molecule has 0 saturated heterocycles. The van der Waals surface area contributed by atoms with Crippen LogP contribution in [0, 0.1) is 6.92 Å². The average molecular weight is 230 g/mol. The first-order valence-electron chi connectivity index (χ1n) is 5.77. The molecule has 0 fully saturated rings. The molecule has 0 unspecified atom stereocenters. The van der Waals surface area contributed by atoms with Crippen LogP contribution in [0.25, 0.3) is 5.69 Å². The molecule has 1 aromatic heterocycles. The molecule has 3 nitrogen and oxygen atoms in total. The van der Waals surface area contributed by atoms with Gasteiger partial charge in [0.05, 0.1) is 18.0 Å². The van der Waals surface area contributed by atoms with E-state index in [4.69, 9.17) is 0 Å². The average Bonchev–Trinajstić information content (AvgIpc) is 2.80. The molecule has 2 rings (SSSR count). The van der Waals surface area contributed by atoms with Crippen LogP contribution in [0.15, 0.2) is 36.5 Å². The van der Waals surface area contributed by atoms with Gasteiger partial charge >= 0.3 is 0 Å². The highest BCUT2D eigenvalue weighted by Gasteiger charge is 2.22. The van der Waals surface area contributed by atoms with Gasteiger partial charge in [-0.25, -0.2) is 4.68 Å². The Morgan fingerprint density at radius 3 is 2.41 bits per heavy atom. The maximum absolute atomic E-state index is 9.31. The fourth-order valence-electron chi connectivity index (χ4n) is 1.61. The molecule has 90 valence electrons. The third-order valence-corrected chi connectivity index (χ3v) is 2.98. The molecule has 1 heterocycles. The van der Waals surface area contributed by atoms with Crippen molar-refractivity contribution in [3.63, 3.8) is 0 Å². The zero-order valence-corrected chi connectivity index (χ0v) is 10.5. The van der Waals surface area contributed by atoms with Gasteiger partial charge in [0.15, 0.2) is 0 Å². The van der Waals surface area contributed by atoms with Crippen molar-refractivity contribution in [2.75, 3.05) is 6.61 Å². The quantitative estimate of drug-likeness (QED) is 0.879. The molecule has 1 N–H and O–H groups in total. The second kappa shape index (κ2) is 4.34. The van der Waals surface area contributed by atoms with Crippen molar-refractivity contribution in [2.24, 2.45) is 0 Å². The summed E-state index contributed by atoms with van der Waals surface area (Å²) in [5.41, 5.74) is 2.88. The standard InChI is InChI=1S/C14H18N2O/c1-11-4-6-12(7-5-11)16-9-8-13(15-16)14(2,3)10-17/h4-9,17H,10H2,1-3H3. The van der Waals surface area contributed by atoms with E-state index in [0.29, 0.717) is 0 Å². The molecule has 3 heteroatoms. The molecule has 0 saturated carbocycles. The van der Waals surface area contributed by atoms with Crippen LogP contribution in [-0.2, 0) is 5.41 Å². The Hall–Kier alpha value is -1.61. The van der Waals surface area contributed by atoms with E-state index in [1.54, 1.807) is 0 Å². The van der Waals surface area contributed by atoms with Gasteiger partial charge in [-0.1, -0.05) is 31.5 Å². The molecule has 0 aliphatic heterocycles. The fourth-order valence-corrected chi connectivity index (χ4v) is 1.61. The second-order valence-electron chi connectivity index (χ2n) is 5.02. The van der Waals surface area contributed by atoms with E-state index in [1.807, 2.05) is 42.9 Å². The van der Waals surface area contributed by atoms with Gasteiger partial charge < -0.3 is 5.11 Å². The first kappa shape index (κ1) is 11.9. The van der Waals surface area contributed by atoms with E-state index < -0.39 is 0 Å². The Morgan fingerprint density at radius 1 is 1.18 bits per heavy atom. The van der Waals surface area contributed by atoms with Crippen LogP contribution in [0.3, 0.4) is 0 Å². The highest BCUT2D eigenvalue weighted by atomic mass is 16.3. The summed E-state index contributed by atoms with van der Waals surface area (Å²) in [5, 5.41) is 13.8. The van der Waals surface area contributed by atoms with Crippen molar-refractivity contribution in [3.8, 4) is 5.69 Å². The number of hydrogen-bond acceptors (Lipinski definition) is 2. The van der Waals surface area contributed by atoms with Crippen LogP contribution < -0.4 is 0 Å². The van der Waals surface area contributed by atoms with Crippen molar-refractivity contribution in [1.29, 1.82) is 0 Å². The van der Waals surface area contributed by atoms with Crippen LogP contribution in [0.4, 0.5) is 0 Å². The SMILES string of the molecule is Cc1ccc(-n2ccc(C(C)(C)CO)n2)cc1. The predicted octanol–water partition coefficient (Wildman–Crippen LogP) is 2.45. The van der Waals surface area contributed by atoms with E-state index in [2.05, 4.69) is 24.2 Å². The van der Waals surface area contributed by atoms with Crippen LogP contribution >= 0.6 is 0 Å². The minimum Gasteiger partial charge on any atom is -0.395 e. The summed E-state index contributed by atoms with van der Waals surface area (Å²) < 4.78 is 1.84. The molecule has 0 bridgehead atoms. The maximum Gasteiger partial charge on any atom is 0.0708 e. The zero-order chi connectivity index (χ0) is 12.5. The summed E-state index contributed by atoms with van der Waals surface area (Å²) in [7, 11) is 0. The largest absolute Gasteiger partial charge is 0.395 e. The summed E-state index contributed by atoms with van der Waals surface area (Å²) in [4.78, 5) is 0. The smallest absolute Gasteiger partial charge is 0.0708 e. The van der Waals surface area contributed by atoms with Gasteiger partial charge in [0, 0.05) is 11.6 Å². The lowest BCUT2D eigenvalue weighted by Crippen LogP contribution is -2.22. The molecule has 0 radical (unpaired) electrons. The zero-order valence-electron chi connectivity index (χ0n) is 10.5. The normalized spacial score (nSPS) is 11.8. The van der Waals surface area contributed by atoms with Crippen LogP contribution in [-0.4, -0.2) is 21.5 Å². The number of aliphatic hydroxyl groups is 1. The molecule has 2 aromatic rings. The highest BCUT2D eigenvalue weighted by Crippen LogP contribution is 2.21. The summed E-state index contributed by atoms with van der Waals surface area (Å²) in [5.74, 6) is 0. The molecule has 0 aliphatic rings. The number of aromatic nitrogens is 2. The molecule has 0 aliphatic carbocycles. The lowest BCUT2D eigenvalue weighted by Gasteiger charge is -2.18. The van der Waals surface area contributed by atoms with Crippen molar-refractivity contribution in [2.45, 2.75) is 26.2 Å². The van der Waals surface area contributed by atoms with Gasteiger partial charge in [0.2, 0.25) is 0 Å². The van der Waals surface area contributed by atoms with Crippen LogP contribution in [0.1, 0.15) is 25.1 Å². The molecule has 17 heavy (non-hydrogen) atoms. The van der Waals surface area contributed by atoms with E-state index in [1.165, 1.54) is 5.56 Å². The third-order valence-electron chi connectivity index (χ3n) is 2.98. The molecular weight excluding hydrogens is 212 g/mol. The van der Waals surface area contributed by atoms with Crippen molar-refractivity contribution >= 4 is 0 Å². The third kappa shape index (κ3) is 2.39. The summed E-state index contributed by atoms with van der Waals surface area (Å²) >= 11 is 0. The van der Waals surface area contributed by atoms with Gasteiger partial charge in [-0.15, -0.1) is 0 Å². The fraction of sp³-hybridized carbons (Fsp3) is 0.357. The highest BCUT2D eigenvalue weighted by molar-refractivity contribution is 5.34. The summed E-state index contributed by atoms with van der Waals surface area (Å²) in [6.45, 7) is 6.12. The molecule has 0 atom stereocenters. The van der Waals surface area contributed by atoms with E-state index in [-0.39, 0.29) is 12.0 Å². The molecule has 0 spiro atoms. The predicted molar refractivity (Wildman–Crippen MR) is 68.4 cm³/mol. The molecular formula is C14H18N2O. The van der Waals surface area contributed by atoms with Gasteiger partial charge in [-0.3, -0.25) is 0 Å². The van der Waals surface area contributed by atoms with E-state index in [0.717, 1.165) is 11.4 Å².